The summed E-state index contributed by atoms with van der Waals surface area (Å²) in [5.74, 6) is 0.771. The minimum Gasteiger partial charge on any atom is -0.494 e. The van der Waals surface area contributed by atoms with Crippen molar-refractivity contribution in [1.29, 1.82) is 5.26 Å². The molecule has 0 bridgehead atoms. The van der Waals surface area contributed by atoms with E-state index in [0.29, 0.717) is 30.8 Å². The van der Waals surface area contributed by atoms with Gasteiger partial charge in [0.2, 0.25) is 0 Å². The van der Waals surface area contributed by atoms with Crippen LogP contribution >= 0.6 is 0 Å². The lowest BCUT2D eigenvalue weighted by Gasteiger charge is -2.22. The second-order valence-electron chi connectivity index (χ2n) is 5.49. The summed E-state index contributed by atoms with van der Waals surface area (Å²) >= 11 is 0. The number of carbonyl (C=O) groups excluding carboxylic acids is 1. The summed E-state index contributed by atoms with van der Waals surface area (Å²) in [5, 5.41) is 8.87. The minimum absolute atomic E-state index is 0.00394. The van der Waals surface area contributed by atoms with Crippen LogP contribution in [0.3, 0.4) is 0 Å². The number of nitriles is 1. The van der Waals surface area contributed by atoms with E-state index in [9.17, 15) is 4.79 Å². The quantitative estimate of drug-likeness (QED) is 0.774. The minimum atomic E-state index is 0.00394. The zero-order valence-electron chi connectivity index (χ0n) is 14.2. The second kappa shape index (κ2) is 8.73. The van der Waals surface area contributed by atoms with Crippen LogP contribution in [0.15, 0.2) is 48.5 Å². The van der Waals surface area contributed by atoms with E-state index in [0.717, 1.165) is 17.7 Å². The monoisotopic (exact) mass is 322 g/mol. The maximum absolute atomic E-state index is 12.8. The Morgan fingerprint density at radius 1 is 1.08 bits per heavy atom. The first kappa shape index (κ1) is 17.6. The zero-order valence-corrected chi connectivity index (χ0v) is 14.2. The Balaban J connectivity index is 2.13. The number of nitrogens with zero attached hydrogens (tertiary/aromatic N) is 2. The number of benzene rings is 2. The Morgan fingerprint density at radius 2 is 1.75 bits per heavy atom. The van der Waals surface area contributed by atoms with Gasteiger partial charge in [0.1, 0.15) is 5.75 Å². The molecule has 0 N–H and O–H groups in total. The third-order valence-corrected chi connectivity index (χ3v) is 3.65. The van der Waals surface area contributed by atoms with Crippen LogP contribution in [0.1, 0.15) is 41.8 Å². The third kappa shape index (κ3) is 4.60. The normalized spacial score (nSPS) is 10.0. The summed E-state index contributed by atoms with van der Waals surface area (Å²) in [6, 6.07) is 16.7. The number of hydrogen-bond donors (Lipinski definition) is 0. The predicted octanol–water partition coefficient (Wildman–Crippen LogP) is 4.01. The lowest BCUT2D eigenvalue weighted by molar-refractivity contribution is 0.0743. The Bertz CT molecular complexity index is 700. The van der Waals surface area contributed by atoms with E-state index in [1.54, 1.807) is 24.3 Å². The number of ether oxygens (including phenoxy) is 1. The van der Waals surface area contributed by atoms with Crippen molar-refractivity contribution in [3.63, 3.8) is 0 Å². The first-order valence-electron chi connectivity index (χ1n) is 8.19. The average Bonchev–Trinajstić information content (AvgIpc) is 2.62. The molecule has 1 amide bonds. The molecule has 0 atom stereocenters. The van der Waals surface area contributed by atoms with Crippen LogP contribution in [0.25, 0.3) is 0 Å². The maximum atomic E-state index is 12.8. The molecule has 4 heteroatoms. The molecule has 0 aliphatic carbocycles. The molecule has 0 aliphatic rings. The molecule has 0 saturated heterocycles. The third-order valence-electron chi connectivity index (χ3n) is 3.65. The van der Waals surface area contributed by atoms with Gasteiger partial charge in [0, 0.05) is 18.7 Å². The van der Waals surface area contributed by atoms with Gasteiger partial charge in [-0.2, -0.15) is 5.26 Å². The molecule has 0 aromatic heterocycles. The largest absolute Gasteiger partial charge is 0.494 e. The fourth-order valence-electron chi connectivity index (χ4n) is 2.47. The van der Waals surface area contributed by atoms with Gasteiger partial charge in [-0.05, 0) is 55.3 Å². The lowest BCUT2D eigenvalue weighted by Crippen LogP contribution is -2.31. The van der Waals surface area contributed by atoms with Crippen molar-refractivity contribution in [3.8, 4) is 11.8 Å². The van der Waals surface area contributed by atoms with Crippen LogP contribution in [0.5, 0.6) is 5.75 Å². The topological polar surface area (TPSA) is 53.3 Å². The van der Waals surface area contributed by atoms with Crippen molar-refractivity contribution in [2.24, 2.45) is 0 Å². The summed E-state index contributed by atoms with van der Waals surface area (Å²) in [6.45, 7) is 5.81. The summed E-state index contributed by atoms with van der Waals surface area (Å²) in [6.07, 6.45) is 0.888. The number of carbonyl (C=O) groups is 1. The van der Waals surface area contributed by atoms with Gasteiger partial charge in [0.15, 0.2) is 0 Å². The van der Waals surface area contributed by atoms with Crippen molar-refractivity contribution in [3.05, 3.63) is 65.2 Å². The molecule has 0 unspecified atom stereocenters. The number of hydrogen-bond acceptors (Lipinski definition) is 3. The maximum Gasteiger partial charge on any atom is 0.254 e. The van der Waals surface area contributed by atoms with Crippen LogP contribution < -0.4 is 4.74 Å². The first-order chi connectivity index (χ1) is 11.7. The lowest BCUT2D eigenvalue weighted by atomic mass is 10.1. The highest BCUT2D eigenvalue weighted by molar-refractivity contribution is 5.94. The zero-order chi connectivity index (χ0) is 17.4. The Morgan fingerprint density at radius 3 is 2.29 bits per heavy atom. The molecule has 0 fully saturated rings. The van der Waals surface area contributed by atoms with Gasteiger partial charge in [0.05, 0.1) is 18.2 Å². The second-order valence-corrected chi connectivity index (χ2v) is 5.49. The van der Waals surface area contributed by atoms with E-state index in [4.69, 9.17) is 10.00 Å². The molecular weight excluding hydrogens is 300 g/mol. The Labute approximate surface area is 143 Å². The van der Waals surface area contributed by atoms with E-state index in [-0.39, 0.29) is 5.91 Å². The highest BCUT2D eigenvalue weighted by Crippen LogP contribution is 2.16. The molecule has 2 aromatic rings. The van der Waals surface area contributed by atoms with E-state index in [1.165, 1.54) is 0 Å². The van der Waals surface area contributed by atoms with Crippen LogP contribution in [0.4, 0.5) is 0 Å². The molecule has 0 aliphatic heterocycles. The van der Waals surface area contributed by atoms with Gasteiger partial charge in [-0.1, -0.05) is 19.1 Å². The predicted molar refractivity (Wildman–Crippen MR) is 93.8 cm³/mol. The number of rotatable bonds is 7. The van der Waals surface area contributed by atoms with Crippen LogP contribution in [0.2, 0.25) is 0 Å². The summed E-state index contributed by atoms with van der Waals surface area (Å²) in [5.41, 5.74) is 2.29. The number of amides is 1. The van der Waals surface area contributed by atoms with Gasteiger partial charge in [-0.25, -0.2) is 0 Å². The van der Waals surface area contributed by atoms with Crippen LogP contribution in [0, 0.1) is 11.3 Å². The van der Waals surface area contributed by atoms with Crippen LogP contribution in [-0.4, -0.2) is 24.0 Å². The van der Waals surface area contributed by atoms with Gasteiger partial charge in [-0.15, -0.1) is 0 Å². The summed E-state index contributed by atoms with van der Waals surface area (Å²) < 4.78 is 5.41. The molecule has 2 rings (SSSR count). The first-order valence-corrected chi connectivity index (χ1v) is 8.19. The SMILES string of the molecule is CCCN(Cc1ccc(C#N)cc1)C(=O)c1ccc(OCC)cc1. The fourth-order valence-corrected chi connectivity index (χ4v) is 2.47. The van der Waals surface area contributed by atoms with Gasteiger partial charge < -0.3 is 9.64 Å². The molecule has 0 spiro atoms. The summed E-state index contributed by atoms with van der Waals surface area (Å²) in [4.78, 5) is 14.6. The fraction of sp³-hybridized carbons (Fsp3) is 0.300. The van der Waals surface area contributed by atoms with Crippen molar-refractivity contribution >= 4 is 5.91 Å². The van der Waals surface area contributed by atoms with Crippen molar-refractivity contribution < 1.29 is 9.53 Å². The van der Waals surface area contributed by atoms with Gasteiger partial charge >= 0.3 is 0 Å². The van der Waals surface area contributed by atoms with E-state index >= 15 is 0 Å². The molecular formula is C20H22N2O2. The molecule has 0 saturated carbocycles. The molecule has 124 valence electrons. The van der Waals surface area contributed by atoms with Crippen molar-refractivity contribution in [2.45, 2.75) is 26.8 Å². The van der Waals surface area contributed by atoms with Crippen molar-refractivity contribution in [1.82, 2.24) is 4.90 Å². The van der Waals surface area contributed by atoms with Gasteiger partial charge in [-0.3, -0.25) is 4.79 Å². The van der Waals surface area contributed by atoms with E-state index in [2.05, 4.69) is 13.0 Å². The molecule has 0 heterocycles. The highest BCUT2D eigenvalue weighted by Gasteiger charge is 2.15. The molecule has 24 heavy (non-hydrogen) atoms. The Kier molecular flexibility index (Phi) is 6.39. The molecule has 2 aromatic carbocycles. The average molecular weight is 322 g/mol. The van der Waals surface area contributed by atoms with Crippen molar-refractivity contribution in [2.75, 3.05) is 13.2 Å². The summed E-state index contributed by atoms with van der Waals surface area (Å²) in [7, 11) is 0. The van der Waals surface area contributed by atoms with Gasteiger partial charge in [0.25, 0.3) is 5.91 Å². The molecule has 4 nitrogen and oxygen atoms in total. The van der Waals surface area contributed by atoms with E-state index in [1.807, 2.05) is 36.1 Å². The highest BCUT2D eigenvalue weighted by atomic mass is 16.5. The standard InChI is InChI=1S/C20H22N2O2/c1-3-13-22(15-17-7-5-16(14-21)6-8-17)20(23)18-9-11-19(12-10-18)24-4-2/h5-12H,3-4,13,15H2,1-2H3. The van der Waals surface area contributed by atoms with E-state index < -0.39 is 0 Å². The smallest absolute Gasteiger partial charge is 0.254 e. The van der Waals surface area contributed by atoms with Crippen LogP contribution in [-0.2, 0) is 6.54 Å². The Hall–Kier alpha value is -2.80. The molecule has 0 radical (unpaired) electrons.